The van der Waals surface area contributed by atoms with Gasteiger partial charge in [-0.3, -0.25) is 5.43 Å². The van der Waals surface area contributed by atoms with Crippen molar-refractivity contribution in [2.45, 2.75) is 25.7 Å². The molecule has 0 atom stereocenters. The van der Waals surface area contributed by atoms with Crippen molar-refractivity contribution in [3.05, 3.63) is 29.3 Å². The van der Waals surface area contributed by atoms with E-state index in [1.165, 1.54) is 12.8 Å². The molecule has 1 heterocycles. The molecule has 0 spiro atoms. The Hall–Kier alpha value is -1.26. The number of carbonyl (C=O) groups is 1. The third kappa shape index (κ3) is 3.89. The first-order valence-electron chi connectivity index (χ1n) is 6.33. The van der Waals surface area contributed by atoms with E-state index in [2.05, 4.69) is 10.7 Å². The molecule has 0 radical (unpaired) electrons. The van der Waals surface area contributed by atoms with Gasteiger partial charge in [-0.2, -0.15) is 0 Å². The molecular weight excluding hydrogens is 250 g/mol. The van der Waals surface area contributed by atoms with Crippen LogP contribution in [0.2, 0.25) is 5.02 Å². The Morgan fingerprint density at radius 1 is 1.11 bits per heavy atom. The molecule has 1 aliphatic heterocycles. The Labute approximate surface area is 112 Å². The second-order valence-corrected chi connectivity index (χ2v) is 4.85. The van der Waals surface area contributed by atoms with Gasteiger partial charge in [0.25, 0.3) is 0 Å². The predicted molar refractivity (Wildman–Crippen MR) is 73.6 cm³/mol. The number of hydrogen-bond acceptors (Lipinski definition) is 2. The van der Waals surface area contributed by atoms with E-state index in [1.807, 2.05) is 17.1 Å². The third-order valence-electron chi connectivity index (χ3n) is 2.99. The van der Waals surface area contributed by atoms with Gasteiger partial charge in [0, 0.05) is 13.1 Å². The normalized spacial score (nSPS) is 16.9. The number of hydrazine groups is 1. The standard InChI is InChI=1S/C13H18ClN3O/c14-11-7-3-4-8-12(11)15-13(18)16-17-9-5-1-2-6-10-17/h3-4,7-8H,1-2,5-6,9-10H2,(H2,15,16,18). The van der Waals surface area contributed by atoms with Gasteiger partial charge in [0.15, 0.2) is 0 Å². The molecule has 1 aromatic rings. The summed E-state index contributed by atoms with van der Waals surface area (Å²) in [7, 11) is 0. The third-order valence-corrected chi connectivity index (χ3v) is 3.32. The number of anilines is 1. The number of benzene rings is 1. The zero-order valence-electron chi connectivity index (χ0n) is 10.3. The minimum atomic E-state index is -0.231. The van der Waals surface area contributed by atoms with Gasteiger partial charge in [-0.1, -0.05) is 36.6 Å². The van der Waals surface area contributed by atoms with Crippen LogP contribution in [-0.2, 0) is 0 Å². The maximum Gasteiger partial charge on any atom is 0.333 e. The molecular formula is C13H18ClN3O. The molecule has 1 aliphatic rings. The Balaban J connectivity index is 1.86. The molecule has 18 heavy (non-hydrogen) atoms. The molecule has 0 saturated carbocycles. The molecule has 1 fully saturated rings. The zero-order chi connectivity index (χ0) is 12.8. The molecule has 0 aliphatic carbocycles. The number of para-hydroxylation sites is 1. The van der Waals surface area contributed by atoms with Crippen LogP contribution in [0.3, 0.4) is 0 Å². The summed E-state index contributed by atoms with van der Waals surface area (Å²) in [6.45, 7) is 1.83. The monoisotopic (exact) mass is 267 g/mol. The lowest BCUT2D eigenvalue weighted by Gasteiger charge is -2.21. The fraction of sp³-hybridized carbons (Fsp3) is 0.462. The van der Waals surface area contributed by atoms with Crippen molar-refractivity contribution in [2.75, 3.05) is 18.4 Å². The van der Waals surface area contributed by atoms with E-state index in [9.17, 15) is 4.79 Å². The first-order chi connectivity index (χ1) is 8.75. The molecule has 0 aromatic heterocycles. The summed E-state index contributed by atoms with van der Waals surface area (Å²) in [5, 5.41) is 5.27. The van der Waals surface area contributed by atoms with Gasteiger partial charge in [-0.05, 0) is 25.0 Å². The predicted octanol–water partition coefficient (Wildman–Crippen LogP) is 3.25. The first kappa shape index (κ1) is 13.2. The van der Waals surface area contributed by atoms with Crippen LogP contribution in [0.4, 0.5) is 10.5 Å². The SMILES string of the molecule is O=C(Nc1ccccc1Cl)NN1CCCCCC1. The van der Waals surface area contributed by atoms with Crippen LogP contribution in [0.5, 0.6) is 0 Å². The van der Waals surface area contributed by atoms with E-state index in [0.717, 1.165) is 25.9 Å². The van der Waals surface area contributed by atoms with Crippen LogP contribution >= 0.6 is 11.6 Å². The minimum Gasteiger partial charge on any atom is -0.305 e. The number of halogens is 1. The highest BCUT2D eigenvalue weighted by Crippen LogP contribution is 2.20. The van der Waals surface area contributed by atoms with Gasteiger partial charge in [-0.25, -0.2) is 9.80 Å². The molecule has 5 heteroatoms. The van der Waals surface area contributed by atoms with Crippen molar-refractivity contribution in [3.8, 4) is 0 Å². The van der Waals surface area contributed by atoms with Crippen LogP contribution in [0, 0.1) is 0 Å². The molecule has 2 amide bonds. The lowest BCUT2D eigenvalue weighted by atomic mass is 10.2. The van der Waals surface area contributed by atoms with E-state index in [0.29, 0.717) is 10.7 Å². The van der Waals surface area contributed by atoms with Gasteiger partial charge < -0.3 is 5.32 Å². The number of nitrogens with zero attached hydrogens (tertiary/aromatic N) is 1. The van der Waals surface area contributed by atoms with E-state index in [1.54, 1.807) is 12.1 Å². The van der Waals surface area contributed by atoms with E-state index in [-0.39, 0.29) is 6.03 Å². The van der Waals surface area contributed by atoms with Gasteiger partial charge in [0.05, 0.1) is 10.7 Å². The van der Waals surface area contributed by atoms with Crippen molar-refractivity contribution in [1.29, 1.82) is 0 Å². The summed E-state index contributed by atoms with van der Waals surface area (Å²) in [6.07, 6.45) is 4.74. The molecule has 0 unspecified atom stereocenters. The smallest absolute Gasteiger partial charge is 0.305 e. The molecule has 1 aromatic carbocycles. The van der Waals surface area contributed by atoms with Crippen molar-refractivity contribution in [3.63, 3.8) is 0 Å². The van der Waals surface area contributed by atoms with Crippen molar-refractivity contribution >= 4 is 23.3 Å². The number of rotatable bonds is 2. The van der Waals surface area contributed by atoms with Gasteiger partial charge in [-0.15, -0.1) is 0 Å². The molecule has 2 N–H and O–H groups in total. The number of amides is 2. The van der Waals surface area contributed by atoms with Crippen molar-refractivity contribution in [2.24, 2.45) is 0 Å². The lowest BCUT2D eigenvalue weighted by Crippen LogP contribution is -2.44. The number of hydrogen-bond donors (Lipinski definition) is 2. The molecule has 2 rings (SSSR count). The van der Waals surface area contributed by atoms with Gasteiger partial charge in [0.1, 0.15) is 0 Å². The Morgan fingerprint density at radius 2 is 1.78 bits per heavy atom. The Bertz CT molecular complexity index is 403. The van der Waals surface area contributed by atoms with E-state index >= 15 is 0 Å². The number of nitrogens with one attached hydrogen (secondary N) is 2. The largest absolute Gasteiger partial charge is 0.333 e. The minimum absolute atomic E-state index is 0.231. The number of carbonyl (C=O) groups excluding carboxylic acids is 1. The summed E-state index contributed by atoms with van der Waals surface area (Å²) in [6, 6.07) is 6.98. The molecule has 98 valence electrons. The summed E-state index contributed by atoms with van der Waals surface area (Å²) in [4.78, 5) is 11.8. The fourth-order valence-electron chi connectivity index (χ4n) is 2.04. The summed E-state index contributed by atoms with van der Waals surface area (Å²) in [5.41, 5.74) is 3.49. The topological polar surface area (TPSA) is 44.4 Å². The maximum absolute atomic E-state index is 11.8. The summed E-state index contributed by atoms with van der Waals surface area (Å²) >= 11 is 5.98. The molecule has 4 nitrogen and oxygen atoms in total. The van der Waals surface area contributed by atoms with Crippen LogP contribution in [-0.4, -0.2) is 24.1 Å². The second-order valence-electron chi connectivity index (χ2n) is 4.45. The second kappa shape index (κ2) is 6.61. The van der Waals surface area contributed by atoms with Gasteiger partial charge >= 0.3 is 6.03 Å². The van der Waals surface area contributed by atoms with Crippen LogP contribution < -0.4 is 10.7 Å². The van der Waals surface area contributed by atoms with Crippen LogP contribution in [0.15, 0.2) is 24.3 Å². The molecule has 0 bridgehead atoms. The maximum atomic E-state index is 11.8. The lowest BCUT2D eigenvalue weighted by molar-refractivity contribution is 0.190. The van der Waals surface area contributed by atoms with Crippen molar-refractivity contribution in [1.82, 2.24) is 10.4 Å². The molecule has 1 saturated heterocycles. The summed E-state index contributed by atoms with van der Waals surface area (Å²) in [5.74, 6) is 0. The van der Waals surface area contributed by atoms with Crippen LogP contribution in [0.1, 0.15) is 25.7 Å². The average molecular weight is 268 g/mol. The fourth-order valence-corrected chi connectivity index (χ4v) is 2.22. The summed E-state index contributed by atoms with van der Waals surface area (Å²) < 4.78 is 0. The highest BCUT2D eigenvalue weighted by atomic mass is 35.5. The highest BCUT2D eigenvalue weighted by molar-refractivity contribution is 6.33. The first-order valence-corrected chi connectivity index (χ1v) is 6.70. The van der Waals surface area contributed by atoms with Crippen LogP contribution in [0.25, 0.3) is 0 Å². The quantitative estimate of drug-likeness (QED) is 0.864. The number of urea groups is 1. The van der Waals surface area contributed by atoms with E-state index < -0.39 is 0 Å². The van der Waals surface area contributed by atoms with Gasteiger partial charge in [0.2, 0.25) is 0 Å². The highest BCUT2D eigenvalue weighted by Gasteiger charge is 2.12. The van der Waals surface area contributed by atoms with Crippen molar-refractivity contribution < 1.29 is 4.79 Å². The Kier molecular flexibility index (Phi) is 4.84. The van der Waals surface area contributed by atoms with E-state index in [4.69, 9.17) is 11.6 Å². The Morgan fingerprint density at radius 3 is 2.44 bits per heavy atom. The average Bonchev–Trinajstić information content (AvgIpc) is 2.61. The zero-order valence-corrected chi connectivity index (χ0v) is 11.0.